The Balaban J connectivity index is 3.84. The molecule has 0 rings (SSSR count). The zero-order valence-electron chi connectivity index (χ0n) is 54.8. The first-order chi connectivity index (χ1) is 39.5. The van der Waals surface area contributed by atoms with Crippen LogP contribution in [0.1, 0.15) is 367 Å². The molecule has 0 aromatic carbocycles. The van der Waals surface area contributed by atoms with Crippen LogP contribution < -0.4 is 4.89 Å². The normalized spacial score (nSPS) is 13.2. The van der Waals surface area contributed by atoms with Crippen LogP contribution in [-0.4, -0.2) is 70.0 Å². The molecule has 0 aromatic rings. The van der Waals surface area contributed by atoms with Gasteiger partial charge in [-0.05, 0) is 64.2 Å². The van der Waals surface area contributed by atoms with Gasteiger partial charge in [0.2, 0.25) is 0 Å². The van der Waals surface area contributed by atoms with Crippen LogP contribution in [0.5, 0.6) is 0 Å². The lowest BCUT2D eigenvalue weighted by atomic mass is 10.0. The Labute approximate surface area is 504 Å². The van der Waals surface area contributed by atoms with Crippen LogP contribution in [-0.2, 0) is 32.7 Å². The summed E-state index contributed by atoms with van der Waals surface area (Å²) in [6, 6.07) is 0. The fraction of sp³-hybridized carbons (Fsp3) is 0.915. The van der Waals surface area contributed by atoms with Gasteiger partial charge in [-0.15, -0.1) is 0 Å². The number of nitrogens with zero attached hydrogens (tertiary/aromatic N) is 1. The zero-order valence-corrected chi connectivity index (χ0v) is 55.7. The third kappa shape index (κ3) is 67.5. The van der Waals surface area contributed by atoms with E-state index in [1.807, 2.05) is 21.1 Å². The van der Waals surface area contributed by atoms with Gasteiger partial charge in [0, 0.05) is 12.8 Å². The van der Waals surface area contributed by atoms with Crippen LogP contribution in [0.25, 0.3) is 0 Å². The fourth-order valence-corrected chi connectivity index (χ4v) is 11.4. The Bertz CT molecular complexity index is 1420. The second kappa shape index (κ2) is 63.0. The highest BCUT2D eigenvalue weighted by Crippen LogP contribution is 2.38. The number of carbonyl (C=O) groups is 2. The zero-order chi connectivity index (χ0) is 59.1. The van der Waals surface area contributed by atoms with Crippen molar-refractivity contribution in [2.75, 3.05) is 47.5 Å². The maximum absolute atomic E-state index is 12.8. The molecule has 0 fully saturated rings. The average molecular weight is 1160 g/mol. The van der Waals surface area contributed by atoms with E-state index in [9.17, 15) is 19.0 Å². The molecule has 0 aliphatic heterocycles. The number of hydrogen-bond donors (Lipinski definition) is 0. The highest BCUT2D eigenvalue weighted by atomic mass is 31.2. The SMILES string of the molecule is CCCCCCCCC/C=C\CCCCCCCC(=O)OCC(COP(=O)([O-])OCC[N+](C)(C)C)OC(=O)CCCCCCCCCCCCCCCCCCCCCCCCCCCCCCC/C=C\CCCCCCCCCC. The van der Waals surface area contributed by atoms with E-state index < -0.39 is 26.5 Å². The molecule has 0 aliphatic carbocycles. The molecule has 2 unspecified atom stereocenters. The lowest BCUT2D eigenvalue weighted by Gasteiger charge is -2.28. The van der Waals surface area contributed by atoms with Gasteiger partial charge in [0.25, 0.3) is 7.82 Å². The molecule has 480 valence electrons. The smallest absolute Gasteiger partial charge is 0.306 e. The minimum atomic E-state index is -4.64. The largest absolute Gasteiger partial charge is 0.756 e. The molecule has 0 saturated heterocycles. The molecule has 9 nitrogen and oxygen atoms in total. The van der Waals surface area contributed by atoms with Crippen molar-refractivity contribution in [3.63, 3.8) is 0 Å². The van der Waals surface area contributed by atoms with E-state index in [-0.39, 0.29) is 32.0 Å². The van der Waals surface area contributed by atoms with Crippen molar-refractivity contribution in [2.45, 2.75) is 373 Å². The Kier molecular flexibility index (Phi) is 61.8. The lowest BCUT2D eigenvalue weighted by molar-refractivity contribution is -0.870. The van der Waals surface area contributed by atoms with Crippen molar-refractivity contribution < 1.29 is 42.1 Å². The maximum Gasteiger partial charge on any atom is 0.306 e. The number of carbonyl (C=O) groups excluding carboxylic acids is 2. The molecule has 0 heterocycles. The lowest BCUT2D eigenvalue weighted by Crippen LogP contribution is -2.37. The van der Waals surface area contributed by atoms with Gasteiger partial charge in [-0.2, -0.15) is 0 Å². The first-order valence-corrected chi connectivity index (χ1v) is 37.0. The molecule has 81 heavy (non-hydrogen) atoms. The number of quaternary nitrogens is 1. The minimum Gasteiger partial charge on any atom is -0.756 e. The monoisotopic (exact) mass is 1160 g/mol. The second-order valence-corrected chi connectivity index (χ2v) is 27.0. The average Bonchev–Trinajstić information content (AvgIpc) is 3.43. The van der Waals surface area contributed by atoms with Gasteiger partial charge in [-0.1, -0.05) is 314 Å². The number of esters is 2. The first-order valence-electron chi connectivity index (χ1n) is 35.5. The van der Waals surface area contributed by atoms with E-state index in [1.165, 1.54) is 283 Å². The molecule has 0 saturated carbocycles. The predicted octanol–water partition coefficient (Wildman–Crippen LogP) is 22.3. The molecule has 10 heteroatoms. The van der Waals surface area contributed by atoms with Crippen LogP contribution in [0.3, 0.4) is 0 Å². The highest BCUT2D eigenvalue weighted by molar-refractivity contribution is 7.45. The number of likely N-dealkylation sites (N-methyl/N-ethyl adjacent to an activating group) is 1. The molecule has 0 aliphatic rings. The number of allylic oxidation sites excluding steroid dienone is 4. The Morgan fingerprint density at radius 1 is 0.370 bits per heavy atom. The predicted molar refractivity (Wildman–Crippen MR) is 347 cm³/mol. The number of phosphoric acid groups is 1. The van der Waals surface area contributed by atoms with E-state index in [0.717, 1.165) is 51.4 Å². The standard InChI is InChI=1S/C71H138NO8P/c1-6-8-10-12-14-16-18-20-22-24-25-26-27-28-29-30-31-32-33-34-35-36-37-38-39-40-41-42-43-44-45-46-47-48-50-52-54-56-58-60-62-64-71(74)80-69(68-79-81(75,76)78-66-65-72(3,4)5)67-77-70(73)63-61-59-57-55-53-51-49-23-21-19-17-15-13-11-9-7-2/h23-25,49,69H,6-22,26-48,50-68H2,1-5H3/b25-24-,49-23-. The second-order valence-electron chi connectivity index (χ2n) is 25.6. The van der Waals surface area contributed by atoms with Crippen LogP contribution in [0.4, 0.5) is 0 Å². The summed E-state index contributed by atoms with van der Waals surface area (Å²) in [7, 11) is 1.18. The van der Waals surface area contributed by atoms with E-state index in [4.69, 9.17) is 18.5 Å². The fourth-order valence-electron chi connectivity index (χ4n) is 10.7. The molecular formula is C71H138NO8P. The van der Waals surface area contributed by atoms with Gasteiger partial charge in [0.1, 0.15) is 19.8 Å². The number of ether oxygens (including phenoxy) is 2. The summed E-state index contributed by atoms with van der Waals surface area (Å²) >= 11 is 0. The molecule has 0 amide bonds. The summed E-state index contributed by atoms with van der Waals surface area (Å²) in [5, 5.41) is 0. The first kappa shape index (κ1) is 79.5. The molecular weight excluding hydrogens is 1030 g/mol. The summed E-state index contributed by atoms with van der Waals surface area (Å²) in [5.74, 6) is -0.824. The molecule has 0 N–H and O–H groups in total. The van der Waals surface area contributed by atoms with Crippen molar-refractivity contribution in [2.24, 2.45) is 0 Å². The van der Waals surface area contributed by atoms with Crippen molar-refractivity contribution in [3.8, 4) is 0 Å². The number of unbranched alkanes of at least 4 members (excludes halogenated alkanes) is 49. The number of rotatable bonds is 67. The Morgan fingerprint density at radius 2 is 0.630 bits per heavy atom. The molecule has 0 aromatic heterocycles. The van der Waals surface area contributed by atoms with Gasteiger partial charge in [0.05, 0.1) is 27.7 Å². The van der Waals surface area contributed by atoms with Crippen molar-refractivity contribution in [3.05, 3.63) is 24.3 Å². The highest BCUT2D eigenvalue weighted by Gasteiger charge is 2.22. The summed E-state index contributed by atoms with van der Waals surface area (Å²) < 4.78 is 34.2. The van der Waals surface area contributed by atoms with Gasteiger partial charge in [0.15, 0.2) is 6.10 Å². The van der Waals surface area contributed by atoms with Gasteiger partial charge < -0.3 is 27.9 Å². The van der Waals surface area contributed by atoms with Gasteiger partial charge in [-0.25, -0.2) is 0 Å². The Hall–Kier alpha value is -1.51. The summed E-state index contributed by atoms with van der Waals surface area (Å²) in [6.45, 7) is 4.28. The van der Waals surface area contributed by atoms with E-state index >= 15 is 0 Å². The van der Waals surface area contributed by atoms with Crippen LogP contribution in [0, 0.1) is 0 Å². The third-order valence-electron chi connectivity index (χ3n) is 16.2. The molecule has 0 spiro atoms. The Morgan fingerprint density at radius 3 is 0.914 bits per heavy atom. The third-order valence-corrected chi connectivity index (χ3v) is 17.2. The number of phosphoric ester groups is 1. The van der Waals surface area contributed by atoms with Crippen LogP contribution in [0.2, 0.25) is 0 Å². The molecule has 2 atom stereocenters. The topological polar surface area (TPSA) is 111 Å². The van der Waals surface area contributed by atoms with E-state index in [1.54, 1.807) is 0 Å². The van der Waals surface area contributed by atoms with Crippen molar-refractivity contribution >= 4 is 19.8 Å². The van der Waals surface area contributed by atoms with Crippen LogP contribution >= 0.6 is 7.82 Å². The van der Waals surface area contributed by atoms with Gasteiger partial charge >= 0.3 is 11.9 Å². The maximum atomic E-state index is 12.8. The van der Waals surface area contributed by atoms with E-state index in [0.29, 0.717) is 17.4 Å². The minimum absolute atomic E-state index is 0.0289. The van der Waals surface area contributed by atoms with Crippen molar-refractivity contribution in [1.29, 1.82) is 0 Å². The summed E-state index contributed by atoms with van der Waals surface area (Å²) in [4.78, 5) is 37.9. The summed E-state index contributed by atoms with van der Waals surface area (Å²) in [5.41, 5.74) is 0. The number of hydrogen-bond acceptors (Lipinski definition) is 8. The van der Waals surface area contributed by atoms with E-state index in [2.05, 4.69) is 38.2 Å². The van der Waals surface area contributed by atoms with Crippen molar-refractivity contribution in [1.82, 2.24) is 0 Å². The van der Waals surface area contributed by atoms with Gasteiger partial charge in [-0.3, -0.25) is 14.2 Å². The molecule has 0 radical (unpaired) electrons. The van der Waals surface area contributed by atoms with Crippen LogP contribution in [0.15, 0.2) is 24.3 Å². The summed E-state index contributed by atoms with van der Waals surface area (Å²) in [6.07, 6.45) is 78.7. The molecule has 0 bridgehead atoms. The quantitative estimate of drug-likeness (QED) is 0.0195.